The van der Waals surface area contributed by atoms with E-state index < -0.39 is 0 Å². The minimum absolute atomic E-state index is 0.821. The van der Waals surface area contributed by atoms with Crippen molar-refractivity contribution in [2.45, 2.75) is 38.0 Å². The van der Waals surface area contributed by atoms with Gasteiger partial charge in [0.15, 0.2) is 0 Å². The molecule has 1 unspecified atom stereocenters. The predicted octanol–water partition coefficient (Wildman–Crippen LogP) is 4.13. The van der Waals surface area contributed by atoms with E-state index in [2.05, 4.69) is 24.3 Å². The van der Waals surface area contributed by atoms with Gasteiger partial charge in [-0.25, -0.2) is 0 Å². The Hall–Kier alpha value is -0.490. The molecule has 0 radical (unpaired) electrons. The highest BCUT2D eigenvalue weighted by atomic mass is 35.5. The third-order valence-corrected chi connectivity index (χ3v) is 3.41. The van der Waals surface area contributed by atoms with Crippen molar-refractivity contribution in [1.29, 1.82) is 0 Å². The minimum atomic E-state index is 0.821. The lowest BCUT2D eigenvalue weighted by Crippen LogP contribution is -2.16. The van der Waals surface area contributed by atoms with Crippen molar-refractivity contribution in [1.82, 2.24) is 0 Å². The van der Waals surface area contributed by atoms with Crippen LogP contribution in [0.1, 0.15) is 42.7 Å². The van der Waals surface area contributed by atoms with Gasteiger partial charge < -0.3 is 0 Å². The van der Waals surface area contributed by atoms with Crippen LogP contribution in [0.25, 0.3) is 0 Å². The van der Waals surface area contributed by atoms with Gasteiger partial charge in [-0.1, -0.05) is 37.1 Å². The largest absolute Gasteiger partial charge is 0.127 e. The monoisotopic (exact) mass is 208 g/mol. The fraction of sp³-hybridized carbons (Fsp3) is 0.538. The number of rotatable bonds is 5. The van der Waals surface area contributed by atoms with Crippen LogP contribution in [0.4, 0.5) is 0 Å². The smallest absolute Gasteiger partial charge is 0.0223 e. The Morgan fingerprint density at radius 2 is 2.00 bits per heavy atom. The predicted molar refractivity (Wildman–Crippen MR) is 62.1 cm³/mol. The Labute approximate surface area is 91.3 Å². The Morgan fingerprint density at radius 3 is 2.79 bits per heavy atom. The van der Waals surface area contributed by atoms with Crippen molar-refractivity contribution < 1.29 is 0 Å². The Kier molecular flexibility index (Phi) is 3.47. The lowest BCUT2D eigenvalue weighted by molar-refractivity contribution is 0.520. The van der Waals surface area contributed by atoms with Gasteiger partial charge in [-0.2, -0.15) is 0 Å². The summed E-state index contributed by atoms with van der Waals surface area (Å²) in [5, 5.41) is 0. The summed E-state index contributed by atoms with van der Waals surface area (Å²) >= 11 is 5.65. The molecule has 0 N–H and O–H groups in total. The van der Waals surface area contributed by atoms with Gasteiger partial charge in [0.1, 0.15) is 0 Å². The molecule has 0 spiro atoms. The third kappa shape index (κ3) is 2.12. The highest BCUT2D eigenvalue weighted by molar-refractivity contribution is 6.17. The van der Waals surface area contributed by atoms with Crippen LogP contribution in [0.3, 0.4) is 0 Å². The number of unbranched alkanes of at least 4 members (excludes halogenated alkanes) is 2. The first-order valence-electron chi connectivity index (χ1n) is 5.55. The summed E-state index contributed by atoms with van der Waals surface area (Å²) in [5.41, 5.74) is 3.16. The summed E-state index contributed by atoms with van der Waals surface area (Å²) in [4.78, 5) is 0. The first kappa shape index (κ1) is 10.0. The molecule has 0 aromatic heterocycles. The zero-order chi connectivity index (χ0) is 9.80. The van der Waals surface area contributed by atoms with Crippen molar-refractivity contribution in [3.05, 3.63) is 35.4 Å². The van der Waals surface area contributed by atoms with Gasteiger partial charge in [-0.15, -0.1) is 11.6 Å². The number of fused-ring (bicyclic) bond motifs is 1. The van der Waals surface area contributed by atoms with Crippen LogP contribution in [0.15, 0.2) is 24.3 Å². The standard InChI is InChI=1S/C13H17Cl/c14-9-5-1-2-6-11-10-12-7-3-4-8-13(11)12/h3-4,7-8,11H,1-2,5-6,9-10H2. The number of hydrogen-bond acceptors (Lipinski definition) is 0. The molecule has 2 rings (SSSR count). The molecule has 0 saturated carbocycles. The summed E-state index contributed by atoms with van der Waals surface area (Å²) in [6, 6.07) is 8.84. The molecule has 1 aliphatic rings. The lowest BCUT2D eigenvalue weighted by atomic mass is 9.75. The first-order chi connectivity index (χ1) is 6.92. The van der Waals surface area contributed by atoms with E-state index in [4.69, 9.17) is 11.6 Å². The minimum Gasteiger partial charge on any atom is -0.127 e. The Bertz CT molecular complexity index is 293. The van der Waals surface area contributed by atoms with Gasteiger partial charge in [0.2, 0.25) is 0 Å². The van der Waals surface area contributed by atoms with Crippen LogP contribution < -0.4 is 0 Å². The van der Waals surface area contributed by atoms with E-state index in [1.807, 2.05) is 0 Å². The molecule has 1 aromatic rings. The van der Waals surface area contributed by atoms with E-state index in [1.54, 1.807) is 11.1 Å². The van der Waals surface area contributed by atoms with Gasteiger partial charge in [-0.3, -0.25) is 0 Å². The molecule has 1 aliphatic carbocycles. The summed E-state index contributed by atoms with van der Waals surface area (Å²) in [6.45, 7) is 0. The molecule has 0 fully saturated rings. The summed E-state index contributed by atoms with van der Waals surface area (Å²) in [5.74, 6) is 1.67. The first-order valence-corrected chi connectivity index (χ1v) is 6.09. The molecule has 1 heteroatoms. The fourth-order valence-electron chi connectivity index (χ4n) is 2.28. The normalized spacial score (nSPS) is 18.8. The van der Waals surface area contributed by atoms with Crippen molar-refractivity contribution >= 4 is 11.6 Å². The molecular weight excluding hydrogens is 192 g/mol. The van der Waals surface area contributed by atoms with Gasteiger partial charge in [0.05, 0.1) is 0 Å². The zero-order valence-electron chi connectivity index (χ0n) is 8.51. The van der Waals surface area contributed by atoms with Crippen molar-refractivity contribution in [3.8, 4) is 0 Å². The molecular formula is C13H17Cl. The maximum absolute atomic E-state index is 5.65. The van der Waals surface area contributed by atoms with Gasteiger partial charge in [0, 0.05) is 5.88 Å². The van der Waals surface area contributed by atoms with Gasteiger partial charge in [-0.05, 0) is 36.3 Å². The maximum atomic E-state index is 5.65. The van der Waals surface area contributed by atoms with Crippen LogP contribution >= 0.6 is 11.6 Å². The highest BCUT2D eigenvalue weighted by Crippen LogP contribution is 2.38. The van der Waals surface area contributed by atoms with Crippen LogP contribution in [0.5, 0.6) is 0 Å². The number of alkyl halides is 1. The zero-order valence-corrected chi connectivity index (χ0v) is 9.26. The van der Waals surface area contributed by atoms with Crippen molar-refractivity contribution in [2.75, 3.05) is 5.88 Å². The summed E-state index contributed by atoms with van der Waals surface area (Å²) in [7, 11) is 0. The topological polar surface area (TPSA) is 0 Å². The average Bonchev–Trinajstić information content (AvgIpc) is 2.19. The van der Waals surface area contributed by atoms with Crippen LogP contribution in [-0.4, -0.2) is 5.88 Å². The quantitative estimate of drug-likeness (QED) is 0.504. The van der Waals surface area contributed by atoms with E-state index >= 15 is 0 Å². The second-order valence-corrected chi connectivity index (χ2v) is 4.52. The average molecular weight is 209 g/mol. The van der Waals surface area contributed by atoms with E-state index in [1.165, 1.54) is 32.1 Å². The Balaban J connectivity index is 1.76. The molecule has 76 valence electrons. The van der Waals surface area contributed by atoms with Gasteiger partial charge >= 0.3 is 0 Å². The van der Waals surface area contributed by atoms with Crippen LogP contribution in [0.2, 0.25) is 0 Å². The highest BCUT2D eigenvalue weighted by Gasteiger charge is 2.24. The van der Waals surface area contributed by atoms with E-state index in [0.717, 1.165) is 11.8 Å². The maximum Gasteiger partial charge on any atom is 0.0223 e. The van der Waals surface area contributed by atoms with E-state index in [-0.39, 0.29) is 0 Å². The third-order valence-electron chi connectivity index (χ3n) is 3.15. The van der Waals surface area contributed by atoms with E-state index in [9.17, 15) is 0 Å². The molecule has 1 atom stereocenters. The molecule has 0 aliphatic heterocycles. The fourth-order valence-corrected chi connectivity index (χ4v) is 2.47. The molecule has 0 heterocycles. The second-order valence-electron chi connectivity index (χ2n) is 4.14. The molecule has 0 saturated heterocycles. The van der Waals surface area contributed by atoms with Crippen LogP contribution in [0, 0.1) is 0 Å². The van der Waals surface area contributed by atoms with Gasteiger partial charge in [0.25, 0.3) is 0 Å². The summed E-state index contributed by atoms with van der Waals surface area (Å²) < 4.78 is 0. The lowest BCUT2D eigenvalue weighted by Gasteiger charge is -2.30. The molecule has 0 nitrogen and oxygen atoms in total. The molecule has 1 aromatic carbocycles. The SMILES string of the molecule is ClCCCCCC1Cc2ccccc21. The second kappa shape index (κ2) is 4.84. The molecule has 14 heavy (non-hydrogen) atoms. The number of benzene rings is 1. The molecule has 0 bridgehead atoms. The van der Waals surface area contributed by atoms with Crippen molar-refractivity contribution in [2.24, 2.45) is 0 Å². The van der Waals surface area contributed by atoms with E-state index in [0.29, 0.717) is 0 Å². The van der Waals surface area contributed by atoms with Crippen molar-refractivity contribution in [3.63, 3.8) is 0 Å². The molecule has 0 amide bonds. The summed E-state index contributed by atoms with van der Waals surface area (Å²) in [6.07, 6.45) is 6.47. The number of halogens is 1. The Morgan fingerprint density at radius 1 is 1.14 bits per heavy atom. The number of hydrogen-bond donors (Lipinski definition) is 0. The van der Waals surface area contributed by atoms with Crippen LogP contribution in [-0.2, 0) is 6.42 Å².